The number of fused-ring (bicyclic) bond motifs is 7. The van der Waals surface area contributed by atoms with Crippen molar-refractivity contribution in [1.82, 2.24) is 0 Å². The van der Waals surface area contributed by atoms with E-state index < -0.39 is 51.7 Å². The molecule has 1 saturated heterocycles. The fourth-order valence-electron chi connectivity index (χ4n) is 7.93. The van der Waals surface area contributed by atoms with Crippen LogP contribution in [-0.4, -0.2) is 56.9 Å². The van der Waals surface area contributed by atoms with Crippen LogP contribution in [0.1, 0.15) is 53.4 Å². The predicted molar refractivity (Wildman–Crippen MR) is 113 cm³/mol. The summed E-state index contributed by atoms with van der Waals surface area (Å²) in [5.41, 5.74) is -1.75. The highest BCUT2D eigenvalue weighted by Crippen LogP contribution is 2.72. The van der Waals surface area contributed by atoms with Crippen molar-refractivity contribution >= 4 is 23.2 Å². The number of rotatable bonds is 2. The molecule has 1 heterocycles. The van der Waals surface area contributed by atoms with Crippen molar-refractivity contribution in [3.63, 3.8) is 0 Å². The Labute approximate surface area is 187 Å². The van der Waals surface area contributed by atoms with Gasteiger partial charge in [0.2, 0.25) is 0 Å². The summed E-state index contributed by atoms with van der Waals surface area (Å²) < 4.78 is 12.5. The Kier molecular flexibility index (Phi) is 4.42. The number of alkyl halides is 1. The summed E-state index contributed by atoms with van der Waals surface area (Å²) in [6.07, 6.45) is 5.89. The van der Waals surface area contributed by atoms with Crippen LogP contribution in [0.2, 0.25) is 0 Å². The number of aliphatic hydroxyl groups is 2. The Morgan fingerprint density at radius 2 is 1.97 bits per heavy atom. The molecular formula is C24H31ClO6. The number of aliphatic hydroxyl groups excluding tert-OH is 2. The number of carbonyl (C=O) groups excluding carboxylic acids is 2. The van der Waals surface area contributed by atoms with Crippen molar-refractivity contribution in [2.45, 2.75) is 81.8 Å². The zero-order chi connectivity index (χ0) is 22.6. The zero-order valence-electron chi connectivity index (χ0n) is 18.5. The molecule has 8 atom stereocenters. The van der Waals surface area contributed by atoms with E-state index in [1.165, 1.54) is 0 Å². The Bertz CT molecular complexity index is 925. The van der Waals surface area contributed by atoms with Gasteiger partial charge in [0.15, 0.2) is 23.0 Å². The van der Waals surface area contributed by atoms with Crippen LogP contribution in [-0.2, 0) is 19.1 Å². The van der Waals surface area contributed by atoms with Crippen molar-refractivity contribution in [3.8, 4) is 0 Å². The lowest BCUT2D eigenvalue weighted by Gasteiger charge is -2.64. The molecule has 4 aliphatic carbocycles. The molecule has 0 unspecified atom stereocenters. The third-order valence-electron chi connectivity index (χ3n) is 9.19. The van der Waals surface area contributed by atoms with E-state index in [4.69, 9.17) is 21.1 Å². The minimum atomic E-state index is -1.31. The van der Waals surface area contributed by atoms with Gasteiger partial charge in [-0.3, -0.25) is 9.59 Å². The second-order valence-electron chi connectivity index (χ2n) is 10.9. The first-order valence-electron chi connectivity index (χ1n) is 11.2. The maximum absolute atomic E-state index is 13.2. The number of Topliss-reactive ketones (excluding diaryl/α,β-unsaturated/α-hetero) is 1. The Hall–Kier alpha value is -1.05. The topological polar surface area (TPSA) is 93.1 Å². The molecule has 0 aromatic heterocycles. The quantitative estimate of drug-likeness (QED) is 0.628. The van der Waals surface area contributed by atoms with E-state index in [-0.39, 0.29) is 24.0 Å². The van der Waals surface area contributed by atoms with Gasteiger partial charge in [-0.2, -0.15) is 0 Å². The van der Waals surface area contributed by atoms with Crippen LogP contribution >= 0.6 is 11.6 Å². The highest BCUT2D eigenvalue weighted by molar-refractivity contribution is 6.26. The fraction of sp³-hybridized carbons (Fsp3) is 0.750. The largest absolute Gasteiger partial charge is 0.391 e. The molecule has 4 fully saturated rings. The second-order valence-corrected chi connectivity index (χ2v) is 11.6. The lowest BCUT2D eigenvalue weighted by molar-refractivity contribution is -0.222. The predicted octanol–water partition coefficient (Wildman–Crippen LogP) is 2.69. The molecule has 7 heteroatoms. The molecule has 2 N–H and O–H groups in total. The van der Waals surface area contributed by atoms with Gasteiger partial charge >= 0.3 is 0 Å². The maximum atomic E-state index is 13.2. The van der Waals surface area contributed by atoms with Crippen molar-refractivity contribution in [3.05, 3.63) is 23.8 Å². The normalized spacial score (nSPS) is 52.1. The number of carbonyl (C=O) groups is 2. The zero-order valence-corrected chi connectivity index (χ0v) is 19.2. The molecule has 3 saturated carbocycles. The van der Waals surface area contributed by atoms with Gasteiger partial charge in [0.1, 0.15) is 6.61 Å². The van der Waals surface area contributed by atoms with Crippen LogP contribution in [0.4, 0.5) is 0 Å². The van der Waals surface area contributed by atoms with Crippen LogP contribution in [0.15, 0.2) is 23.8 Å². The monoisotopic (exact) mass is 450 g/mol. The highest BCUT2D eigenvalue weighted by atomic mass is 35.5. The average molecular weight is 451 g/mol. The Morgan fingerprint density at radius 3 is 2.65 bits per heavy atom. The molecule has 0 aromatic carbocycles. The Balaban J connectivity index is 1.64. The molecule has 0 radical (unpaired) electrons. The summed E-state index contributed by atoms with van der Waals surface area (Å²) in [6, 6.07) is 0. The standard InChI is InChI=1S/C24H31ClO6/c1-20(2)30-19-10-16-15-6-5-13-9-14(27)7-8-21(13,3)23(15,25)17(28)11-22(16,4)24(19,31-20)18(29)12-26/h7-9,15-17,19,26,28H,5-6,10-12H2,1-4H3/t15-,16-,17-,19+,21-,22-,23-,24+/m0/s1. The molecule has 6 nitrogen and oxygen atoms in total. The summed E-state index contributed by atoms with van der Waals surface area (Å²) in [7, 11) is 0. The summed E-state index contributed by atoms with van der Waals surface area (Å²) in [4.78, 5) is 24.2. The molecule has 5 aliphatic rings. The van der Waals surface area contributed by atoms with Gasteiger partial charge < -0.3 is 19.7 Å². The van der Waals surface area contributed by atoms with Gasteiger partial charge in [0, 0.05) is 10.8 Å². The fourth-order valence-corrected chi connectivity index (χ4v) is 8.45. The molecular weight excluding hydrogens is 420 g/mol. The van der Waals surface area contributed by atoms with Gasteiger partial charge in [-0.15, -0.1) is 11.6 Å². The van der Waals surface area contributed by atoms with E-state index in [1.54, 1.807) is 26.0 Å². The van der Waals surface area contributed by atoms with E-state index in [0.717, 1.165) is 5.57 Å². The molecule has 31 heavy (non-hydrogen) atoms. The van der Waals surface area contributed by atoms with Gasteiger partial charge in [0.05, 0.1) is 17.1 Å². The lowest BCUT2D eigenvalue weighted by atomic mass is 9.45. The van der Waals surface area contributed by atoms with Gasteiger partial charge in [-0.25, -0.2) is 0 Å². The first kappa shape index (κ1) is 21.8. The maximum Gasteiger partial charge on any atom is 0.193 e. The van der Waals surface area contributed by atoms with Crippen LogP contribution in [0.3, 0.4) is 0 Å². The lowest BCUT2D eigenvalue weighted by Crippen LogP contribution is -2.69. The smallest absolute Gasteiger partial charge is 0.193 e. The SMILES string of the molecule is CC1(C)O[C@@H]2C[C@H]3[C@@H]4CCC5=CC(=O)C=C[C@]5(C)[C@@]4(Cl)[C@@H](O)C[C@]3(C)[C@]2(C(=O)CO)O1. The summed E-state index contributed by atoms with van der Waals surface area (Å²) in [5, 5.41) is 21.5. The number of ether oxygens (including phenoxy) is 2. The first-order chi connectivity index (χ1) is 14.4. The van der Waals surface area contributed by atoms with Gasteiger partial charge in [-0.05, 0) is 63.5 Å². The van der Waals surface area contributed by atoms with Crippen LogP contribution in [0, 0.1) is 22.7 Å². The molecule has 1 aliphatic heterocycles. The molecule has 0 spiro atoms. The second kappa shape index (κ2) is 6.29. The third kappa shape index (κ3) is 2.38. The van der Waals surface area contributed by atoms with E-state index in [0.29, 0.717) is 19.3 Å². The van der Waals surface area contributed by atoms with Crippen molar-refractivity contribution in [1.29, 1.82) is 0 Å². The molecule has 170 valence electrons. The van der Waals surface area contributed by atoms with Gasteiger partial charge in [0.25, 0.3) is 0 Å². The van der Waals surface area contributed by atoms with E-state index in [2.05, 4.69) is 0 Å². The van der Waals surface area contributed by atoms with E-state index >= 15 is 0 Å². The van der Waals surface area contributed by atoms with Crippen molar-refractivity contribution < 1.29 is 29.3 Å². The van der Waals surface area contributed by atoms with Crippen LogP contribution in [0.25, 0.3) is 0 Å². The number of allylic oxidation sites excluding steroid dienone is 4. The summed E-state index contributed by atoms with van der Waals surface area (Å²) >= 11 is 7.42. The minimum Gasteiger partial charge on any atom is -0.391 e. The number of hydrogen-bond acceptors (Lipinski definition) is 6. The van der Waals surface area contributed by atoms with Crippen molar-refractivity contribution in [2.75, 3.05) is 6.61 Å². The molecule has 0 bridgehead atoms. The number of halogens is 1. The molecule has 0 amide bonds. The average Bonchev–Trinajstić information content (AvgIpc) is 3.09. The summed E-state index contributed by atoms with van der Waals surface area (Å²) in [6.45, 7) is 6.92. The molecule has 5 rings (SSSR count). The van der Waals surface area contributed by atoms with E-state index in [9.17, 15) is 19.8 Å². The highest BCUT2D eigenvalue weighted by Gasteiger charge is 2.79. The Morgan fingerprint density at radius 1 is 1.26 bits per heavy atom. The van der Waals surface area contributed by atoms with E-state index in [1.807, 2.05) is 19.9 Å². The van der Waals surface area contributed by atoms with Crippen LogP contribution < -0.4 is 0 Å². The van der Waals surface area contributed by atoms with Gasteiger partial charge in [-0.1, -0.05) is 25.5 Å². The van der Waals surface area contributed by atoms with Crippen molar-refractivity contribution in [2.24, 2.45) is 22.7 Å². The van der Waals surface area contributed by atoms with Crippen LogP contribution in [0.5, 0.6) is 0 Å². The summed E-state index contributed by atoms with van der Waals surface area (Å²) in [5.74, 6) is -1.53. The third-order valence-corrected chi connectivity index (χ3v) is 10.1. The first-order valence-corrected chi connectivity index (χ1v) is 11.6. The minimum absolute atomic E-state index is 0.0330. The number of ketones is 2. The molecule has 0 aromatic rings. The number of hydrogen-bond donors (Lipinski definition) is 2.